The van der Waals surface area contributed by atoms with E-state index in [1.54, 1.807) is 6.20 Å². The molecule has 0 radical (unpaired) electrons. The summed E-state index contributed by atoms with van der Waals surface area (Å²) < 4.78 is 44.8. The maximum Gasteiger partial charge on any atom is 0.416 e. The summed E-state index contributed by atoms with van der Waals surface area (Å²) in [5, 5.41) is 10.3. The lowest BCUT2D eigenvalue weighted by Crippen LogP contribution is -2.44. The molecule has 1 saturated heterocycles. The maximum atomic E-state index is 13.2. The van der Waals surface area contributed by atoms with Gasteiger partial charge in [0.1, 0.15) is 0 Å². The zero-order valence-electron chi connectivity index (χ0n) is 16.9. The Balaban J connectivity index is 1.52. The van der Waals surface area contributed by atoms with Crippen LogP contribution in [0.25, 0.3) is 10.9 Å². The van der Waals surface area contributed by atoms with E-state index in [9.17, 15) is 23.1 Å². The SMILES string of the molecule is CC1(CC(C(=O)O)[C@H]2CC[C@@H](c3ccnc4ccc(C(F)(F)F)cc43)CC2)COC1. The number of aliphatic carboxylic acids is 1. The first-order valence-electron chi connectivity index (χ1n) is 10.4. The van der Waals surface area contributed by atoms with Gasteiger partial charge >= 0.3 is 12.1 Å². The molecule has 2 aromatic rings. The van der Waals surface area contributed by atoms with Gasteiger partial charge in [-0.1, -0.05) is 6.92 Å². The number of carbonyl (C=O) groups is 1. The van der Waals surface area contributed by atoms with Crippen molar-refractivity contribution in [2.45, 2.75) is 51.1 Å². The highest BCUT2D eigenvalue weighted by atomic mass is 19.4. The lowest BCUT2D eigenvalue weighted by atomic mass is 9.68. The Hall–Kier alpha value is -2.15. The van der Waals surface area contributed by atoms with E-state index in [1.807, 2.05) is 6.07 Å². The highest BCUT2D eigenvalue weighted by molar-refractivity contribution is 5.83. The minimum Gasteiger partial charge on any atom is -0.481 e. The van der Waals surface area contributed by atoms with Gasteiger partial charge in [0.05, 0.1) is 30.2 Å². The van der Waals surface area contributed by atoms with Gasteiger partial charge in [0.25, 0.3) is 0 Å². The van der Waals surface area contributed by atoms with Gasteiger partial charge in [0.2, 0.25) is 0 Å². The molecular formula is C23H26F3NO3. The number of halogens is 3. The second-order valence-corrected chi connectivity index (χ2v) is 9.19. The summed E-state index contributed by atoms with van der Waals surface area (Å²) in [6.07, 6.45) is 0.949. The van der Waals surface area contributed by atoms with Crippen molar-refractivity contribution in [3.8, 4) is 0 Å². The van der Waals surface area contributed by atoms with E-state index in [1.165, 1.54) is 12.1 Å². The molecule has 0 spiro atoms. The predicted octanol–water partition coefficient (Wildman–Crippen LogP) is 5.65. The van der Waals surface area contributed by atoms with Gasteiger partial charge in [-0.25, -0.2) is 0 Å². The molecule has 1 atom stereocenters. The minimum absolute atomic E-state index is 0.0603. The molecule has 7 heteroatoms. The lowest BCUT2D eigenvalue weighted by molar-refractivity contribution is -0.154. The van der Waals surface area contributed by atoms with Gasteiger partial charge in [-0.15, -0.1) is 0 Å². The molecule has 162 valence electrons. The third-order valence-electron chi connectivity index (χ3n) is 6.81. The minimum atomic E-state index is -4.39. The van der Waals surface area contributed by atoms with E-state index in [0.29, 0.717) is 30.5 Å². The topological polar surface area (TPSA) is 59.4 Å². The highest BCUT2D eigenvalue weighted by Gasteiger charge is 2.42. The monoisotopic (exact) mass is 421 g/mol. The van der Waals surface area contributed by atoms with Crippen molar-refractivity contribution >= 4 is 16.9 Å². The van der Waals surface area contributed by atoms with Crippen molar-refractivity contribution in [1.82, 2.24) is 4.98 Å². The predicted molar refractivity (Wildman–Crippen MR) is 106 cm³/mol. The Morgan fingerprint density at radius 2 is 1.93 bits per heavy atom. The van der Waals surface area contributed by atoms with Gasteiger partial charge < -0.3 is 9.84 Å². The standard InChI is InChI=1S/C23H26F3NO3/c1-22(12-30-13-22)11-19(21(28)29)15-4-2-14(3-5-15)17-8-9-27-20-7-6-16(10-18(17)20)23(24,25)26/h6-10,14-15,19H,2-5,11-13H2,1H3,(H,28,29)/t14-,15+,19?. The third kappa shape index (κ3) is 4.17. The molecule has 2 heterocycles. The summed E-state index contributed by atoms with van der Waals surface area (Å²) in [6, 6.07) is 5.50. The molecular weight excluding hydrogens is 395 g/mol. The number of aromatic nitrogens is 1. The van der Waals surface area contributed by atoms with Crippen LogP contribution in [-0.2, 0) is 15.7 Å². The van der Waals surface area contributed by atoms with Crippen LogP contribution in [0.2, 0.25) is 0 Å². The zero-order chi connectivity index (χ0) is 21.5. The van der Waals surface area contributed by atoms with Crippen LogP contribution in [0.1, 0.15) is 56.1 Å². The second-order valence-electron chi connectivity index (χ2n) is 9.19. The molecule has 30 heavy (non-hydrogen) atoms. The molecule has 1 N–H and O–H groups in total. The highest BCUT2D eigenvalue weighted by Crippen LogP contribution is 2.45. The number of alkyl halides is 3. The molecule has 4 nitrogen and oxygen atoms in total. The Labute approximate surface area is 173 Å². The molecule has 1 aliphatic heterocycles. The Morgan fingerprint density at radius 3 is 2.50 bits per heavy atom. The van der Waals surface area contributed by atoms with Crippen molar-refractivity contribution in [2.24, 2.45) is 17.3 Å². The first kappa shape index (κ1) is 21.1. The average molecular weight is 421 g/mol. The quantitative estimate of drug-likeness (QED) is 0.677. The van der Waals surface area contributed by atoms with Crippen molar-refractivity contribution in [3.05, 3.63) is 41.6 Å². The molecule has 1 saturated carbocycles. The van der Waals surface area contributed by atoms with Crippen LogP contribution in [0, 0.1) is 17.3 Å². The van der Waals surface area contributed by atoms with E-state index in [-0.39, 0.29) is 17.3 Å². The van der Waals surface area contributed by atoms with Crippen molar-refractivity contribution in [2.75, 3.05) is 13.2 Å². The maximum absolute atomic E-state index is 13.2. The fourth-order valence-electron chi connectivity index (χ4n) is 5.09. The fraction of sp³-hybridized carbons (Fsp3) is 0.565. The lowest BCUT2D eigenvalue weighted by Gasteiger charge is -2.42. The largest absolute Gasteiger partial charge is 0.481 e. The van der Waals surface area contributed by atoms with Gasteiger partial charge in [-0.05, 0) is 73.8 Å². The smallest absolute Gasteiger partial charge is 0.416 e. The Bertz CT molecular complexity index is 931. The molecule has 1 aromatic heterocycles. The van der Waals surface area contributed by atoms with Crippen LogP contribution in [0.4, 0.5) is 13.2 Å². The first-order chi connectivity index (χ1) is 14.2. The van der Waals surface area contributed by atoms with Crippen molar-refractivity contribution < 1.29 is 27.8 Å². The van der Waals surface area contributed by atoms with Gasteiger partial charge in [0, 0.05) is 17.0 Å². The normalized spacial score (nSPS) is 24.9. The average Bonchev–Trinajstić information content (AvgIpc) is 2.69. The summed E-state index contributed by atoms with van der Waals surface area (Å²) >= 11 is 0. The number of benzene rings is 1. The molecule has 1 aliphatic carbocycles. The van der Waals surface area contributed by atoms with E-state index < -0.39 is 23.6 Å². The number of ether oxygens (including phenoxy) is 1. The molecule has 2 fully saturated rings. The number of nitrogens with zero attached hydrogens (tertiary/aromatic N) is 1. The molecule has 1 aromatic carbocycles. The Morgan fingerprint density at radius 1 is 1.23 bits per heavy atom. The molecule has 4 rings (SSSR count). The Kier molecular flexibility index (Phi) is 5.51. The van der Waals surface area contributed by atoms with E-state index >= 15 is 0 Å². The second kappa shape index (κ2) is 7.84. The number of hydrogen-bond donors (Lipinski definition) is 1. The van der Waals surface area contributed by atoms with E-state index in [4.69, 9.17) is 4.74 Å². The summed E-state index contributed by atoms with van der Waals surface area (Å²) in [7, 11) is 0. The van der Waals surface area contributed by atoms with Gasteiger partial charge in [0.15, 0.2) is 0 Å². The number of fused-ring (bicyclic) bond motifs is 1. The van der Waals surface area contributed by atoms with Gasteiger partial charge in [-0.3, -0.25) is 9.78 Å². The number of rotatable bonds is 5. The van der Waals surface area contributed by atoms with Crippen LogP contribution >= 0.6 is 0 Å². The van der Waals surface area contributed by atoms with Crippen LogP contribution < -0.4 is 0 Å². The van der Waals surface area contributed by atoms with Crippen molar-refractivity contribution in [3.63, 3.8) is 0 Å². The van der Waals surface area contributed by atoms with E-state index in [0.717, 1.165) is 37.3 Å². The number of carboxylic acid groups (broad SMARTS) is 1. The van der Waals surface area contributed by atoms with Crippen molar-refractivity contribution in [1.29, 1.82) is 0 Å². The molecule has 0 amide bonds. The zero-order valence-corrected chi connectivity index (χ0v) is 16.9. The molecule has 1 unspecified atom stereocenters. The summed E-state index contributed by atoms with van der Waals surface area (Å²) in [4.78, 5) is 16.1. The summed E-state index contributed by atoms with van der Waals surface area (Å²) in [5.41, 5.74) is 0.717. The van der Waals surface area contributed by atoms with E-state index in [2.05, 4.69) is 11.9 Å². The van der Waals surface area contributed by atoms with Crippen LogP contribution in [0.5, 0.6) is 0 Å². The molecule has 0 bridgehead atoms. The number of carboxylic acids is 1. The van der Waals surface area contributed by atoms with Gasteiger partial charge in [-0.2, -0.15) is 13.2 Å². The number of hydrogen-bond acceptors (Lipinski definition) is 3. The van der Waals surface area contributed by atoms with Crippen LogP contribution in [0.15, 0.2) is 30.5 Å². The van der Waals surface area contributed by atoms with Crippen LogP contribution in [0.3, 0.4) is 0 Å². The fourth-order valence-corrected chi connectivity index (χ4v) is 5.09. The molecule has 2 aliphatic rings. The third-order valence-corrected chi connectivity index (χ3v) is 6.81. The summed E-state index contributed by atoms with van der Waals surface area (Å²) in [6.45, 7) is 3.28. The van der Waals surface area contributed by atoms with Crippen LogP contribution in [-0.4, -0.2) is 29.3 Å². The first-order valence-corrected chi connectivity index (χ1v) is 10.4. The summed E-state index contributed by atoms with van der Waals surface area (Å²) in [5.74, 6) is -0.941. The number of pyridine rings is 1.